The minimum Gasteiger partial charge on any atom is -0.460 e. The minimum absolute atomic E-state index is 0.881. The van der Waals surface area contributed by atoms with Gasteiger partial charge in [0, 0.05) is 38.9 Å². The van der Waals surface area contributed by atoms with Gasteiger partial charge in [-0.25, -0.2) is 0 Å². The van der Waals surface area contributed by atoms with Crippen molar-refractivity contribution in [1.29, 1.82) is 0 Å². The van der Waals surface area contributed by atoms with Crippen LogP contribution in [0.5, 0.6) is 0 Å². The first kappa shape index (κ1) is 14.4. The van der Waals surface area contributed by atoms with Crippen molar-refractivity contribution in [3.05, 3.63) is 65.9 Å². The molecule has 28 heavy (non-hydrogen) atoms. The van der Waals surface area contributed by atoms with Crippen LogP contribution in [0.2, 0.25) is 0 Å². The number of hydrogen-bond acceptors (Lipinski definition) is 3. The van der Waals surface area contributed by atoms with Crippen molar-refractivity contribution in [2.24, 2.45) is 0 Å². The minimum atomic E-state index is 0.881. The molecule has 2 N–H and O–H groups in total. The highest BCUT2D eigenvalue weighted by atomic mass is 16.3. The molecule has 1 aliphatic rings. The Hall–Kier alpha value is -3.66. The Morgan fingerprint density at radius 1 is 0.750 bits per heavy atom. The Kier molecular flexibility index (Phi) is 2.46. The van der Waals surface area contributed by atoms with Crippen molar-refractivity contribution in [1.82, 2.24) is 4.68 Å². The van der Waals surface area contributed by atoms with Crippen molar-refractivity contribution in [2.45, 2.75) is 12.8 Å². The summed E-state index contributed by atoms with van der Waals surface area (Å²) in [5, 5.41) is 5.65. The van der Waals surface area contributed by atoms with E-state index in [1.165, 1.54) is 5.56 Å². The first-order valence-corrected chi connectivity index (χ1v) is 9.55. The van der Waals surface area contributed by atoms with Crippen molar-refractivity contribution in [3.63, 3.8) is 0 Å². The van der Waals surface area contributed by atoms with E-state index in [4.69, 9.17) is 14.7 Å². The van der Waals surface area contributed by atoms with Crippen LogP contribution in [0, 0.1) is 0 Å². The molecule has 0 spiro atoms. The fraction of sp³-hybridized carbons (Fsp3) is 0.0833. The number of furan rings is 2. The molecule has 3 aromatic heterocycles. The molecule has 0 unspecified atom stereocenters. The SMILES string of the molecule is Nn1c2ccc3oc4c(c3c2c2c3c(ccc21)oc1ccccc13)C=CCC4. The maximum absolute atomic E-state index is 6.55. The number of hydrogen-bond donors (Lipinski definition) is 1. The fourth-order valence-electron chi connectivity index (χ4n) is 4.87. The average molecular weight is 364 g/mol. The maximum Gasteiger partial charge on any atom is 0.136 e. The van der Waals surface area contributed by atoms with Gasteiger partial charge in [-0.05, 0) is 36.8 Å². The van der Waals surface area contributed by atoms with Gasteiger partial charge in [0.2, 0.25) is 0 Å². The molecule has 6 aromatic rings. The van der Waals surface area contributed by atoms with Crippen LogP contribution >= 0.6 is 0 Å². The number of nitrogens with zero attached hydrogens (tertiary/aromatic N) is 1. The molecule has 0 radical (unpaired) electrons. The first-order valence-electron chi connectivity index (χ1n) is 9.55. The molecule has 0 aliphatic heterocycles. The normalized spacial score (nSPS) is 14.1. The number of benzene rings is 3. The standard InChI is InChI=1S/C24H16N2O2/c25-26-15-9-11-19-21(13-5-1-3-7-17(13)27-19)23(15)24-16(26)10-12-20-22(24)14-6-2-4-8-18(14)28-20/h1-3,5-7,9-12H,4,8,25H2. The number of aromatic nitrogens is 1. The third kappa shape index (κ3) is 1.58. The van der Waals surface area contributed by atoms with Gasteiger partial charge in [-0.3, -0.25) is 4.68 Å². The molecular formula is C24H16N2O2. The topological polar surface area (TPSA) is 57.2 Å². The van der Waals surface area contributed by atoms with Gasteiger partial charge in [0.05, 0.1) is 11.0 Å². The Bertz CT molecular complexity index is 1630. The maximum atomic E-state index is 6.55. The van der Waals surface area contributed by atoms with Crippen LogP contribution in [0.3, 0.4) is 0 Å². The molecule has 0 fully saturated rings. The Morgan fingerprint density at radius 3 is 2.36 bits per heavy atom. The molecule has 1 aliphatic carbocycles. The number of nitrogens with two attached hydrogens (primary N) is 1. The van der Waals surface area contributed by atoms with Gasteiger partial charge >= 0.3 is 0 Å². The van der Waals surface area contributed by atoms with E-state index >= 15 is 0 Å². The van der Waals surface area contributed by atoms with E-state index in [9.17, 15) is 0 Å². The number of fused-ring (bicyclic) bond motifs is 11. The molecule has 0 atom stereocenters. The summed E-state index contributed by atoms with van der Waals surface area (Å²) in [6.07, 6.45) is 6.37. The van der Waals surface area contributed by atoms with E-state index in [2.05, 4.69) is 30.4 Å². The van der Waals surface area contributed by atoms with Gasteiger partial charge in [0.1, 0.15) is 22.5 Å². The third-order valence-corrected chi connectivity index (χ3v) is 6.06. The number of para-hydroxylation sites is 1. The van der Waals surface area contributed by atoms with Crippen LogP contribution in [0.25, 0.3) is 60.8 Å². The zero-order valence-corrected chi connectivity index (χ0v) is 15.0. The van der Waals surface area contributed by atoms with Crippen molar-refractivity contribution in [2.75, 3.05) is 5.84 Å². The lowest BCUT2D eigenvalue weighted by atomic mass is 9.97. The summed E-state index contributed by atoms with van der Waals surface area (Å²) in [5.41, 5.74) is 5.87. The number of allylic oxidation sites excluding steroid dienone is 1. The van der Waals surface area contributed by atoms with Gasteiger partial charge in [-0.2, -0.15) is 0 Å². The molecule has 0 saturated heterocycles. The van der Waals surface area contributed by atoms with Gasteiger partial charge in [0.15, 0.2) is 0 Å². The molecule has 0 saturated carbocycles. The molecule has 3 aromatic carbocycles. The van der Waals surface area contributed by atoms with E-state index in [-0.39, 0.29) is 0 Å². The summed E-state index contributed by atoms with van der Waals surface area (Å²) < 4.78 is 14.1. The Labute approximate surface area is 159 Å². The van der Waals surface area contributed by atoms with Crippen LogP contribution in [0.4, 0.5) is 0 Å². The predicted octanol–water partition coefficient (Wildman–Crippen LogP) is 6.11. The summed E-state index contributed by atoms with van der Waals surface area (Å²) in [5.74, 6) is 7.61. The number of aryl methyl sites for hydroxylation is 1. The highest BCUT2D eigenvalue weighted by Gasteiger charge is 2.23. The van der Waals surface area contributed by atoms with E-state index in [0.29, 0.717) is 0 Å². The summed E-state index contributed by atoms with van der Waals surface area (Å²) in [4.78, 5) is 0. The zero-order valence-electron chi connectivity index (χ0n) is 15.0. The molecule has 134 valence electrons. The van der Waals surface area contributed by atoms with E-state index in [0.717, 1.165) is 73.3 Å². The molecule has 4 heteroatoms. The molecule has 0 bridgehead atoms. The third-order valence-electron chi connectivity index (χ3n) is 6.06. The predicted molar refractivity (Wildman–Crippen MR) is 114 cm³/mol. The zero-order chi connectivity index (χ0) is 18.4. The van der Waals surface area contributed by atoms with Crippen LogP contribution < -0.4 is 5.84 Å². The average Bonchev–Trinajstić information content (AvgIpc) is 3.37. The lowest BCUT2D eigenvalue weighted by molar-refractivity contribution is 0.546. The van der Waals surface area contributed by atoms with Crippen LogP contribution in [-0.2, 0) is 6.42 Å². The molecule has 3 heterocycles. The van der Waals surface area contributed by atoms with Gasteiger partial charge < -0.3 is 14.7 Å². The number of nitrogen functional groups attached to an aromatic ring is 1. The van der Waals surface area contributed by atoms with Crippen molar-refractivity contribution in [3.8, 4) is 0 Å². The van der Waals surface area contributed by atoms with Crippen LogP contribution in [-0.4, -0.2) is 4.68 Å². The van der Waals surface area contributed by atoms with E-state index in [1.807, 2.05) is 30.3 Å². The Balaban J connectivity index is 1.85. The second-order valence-electron chi connectivity index (χ2n) is 7.51. The quantitative estimate of drug-likeness (QED) is 0.331. The summed E-state index contributed by atoms with van der Waals surface area (Å²) >= 11 is 0. The van der Waals surface area contributed by atoms with Crippen molar-refractivity contribution < 1.29 is 8.83 Å². The number of rotatable bonds is 0. The monoisotopic (exact) mass is 364 g/mol. The molecule has 0 amide bonds. The second-order valence-corrected chi connectivity index (χ2v) is 7.51. The lowest BCUT2D eigenvalue weighted by Gasteiger charge is -2.02. The summed E-state index contributed by atoms with van der Waals surface area (Å²) in [6.45, 7) is 0. The van der Waals surface area contributed by atoms with Crippen LogP contribution in [0.1, 0.15) is 17.7 Å². The molecule has 4 nitrogen and oxygen atoms in total. The summed E-state index contributed by atoms with van der Waals surface area (Å²) in [7, 11) is 0. The van der Waals surface area contributed by atoms with E-state index < -0.39 is 0 Å². The first-order chi connectivity index (χ1) is 13.8. The van der Waals surface area contributed by atoms with Crippen LogP contribution in [0.15, 0.2) is 63.4 Å². The van der Waals surface area contributed by atoms with Gasteiger partial charge in [-0.15, -0.1) is 0 Å². The highest BCUT2D eigenvalue weighted by molar-refractivity contribution is 6.32. The Morgan fingerprint density at radius 2 is 1.50 bits per heavy atom. The second kappa shape index (κ2) is 4.78. The molecular weight excluding hydrogens is 348 g/mol. The largest absolute Gasteiger partial charge is 0.460 e. The smallest absolute Gasteiger partial charge is 0.136 e. The lowest BCUT2D eigenvalue weighted by Crippen LogP contribution is -2.06. The van der Waals surface area contributed by atoms with E-state index in [1.54, 1.807) is 4.68 Å². The van der Waals surface area contributed by atoms with Crippen molar-refractivity contribution >= 4 is 60.8 Å². The fourth-order valence-corrected chi connectivity index (χ4v) is 4.87. The highest BCUT2D eigenvalue weighted by Crippen LogP contribution is 2.44. The van der Waals surface area contributed by atoms with Gasteiger partial charge in [0.25, 0.3) is 0 Å². The summed E-state index contributed by atoms with van der Waals surface area (Å²) in [6, 6.07) is 16.3. The van der Waals surface area contributed by atoms with Gasteiger partial charge in [-0.1, -0.05) is 30.4 Å². The molecule has 7 rings (SSSR count).